The van der Waals surface area contributed by atoms with Gasteiger partial charge in [-0.1, -0.05) is 6.92 Å². The Labute approximate surface area is 100 Å². The van der Waals surface area contributed by atoms with E-state index in [9.17, 15) is 4.79 Å². The Hall–Kier alpha value is -1.91. The Morgan fingerprint density at radius 3 is 2.76 bits per heavy atom. The monoisotopic (exact) mass is 232 g/mol. The molecule has 17 heavy (non-hydrogen) atoms. The fourth-order valence-electron chi connectivity index (χ4n) is 1.75. The van der Waals surface area contributed by atoms with Gasteiger partial charge in [-0.15, -0.1) is 0 Å². The fourth-order valence-corrected chi connectivity index (χ4v) is 1.75. The predicted molar refractivity (Wildman–Crippen MR) is 65.5 cm³/mol. The summed E-state index contributed by atoms with van der Waals surface area (Å²) in [6, 6.07) is 3.66. The molecule has 90 valence electrons. The molecule has 1 aliphatic heterocycles. The van der Waals surface area contributed by atoms with Gasteiger partial charge in [-0.25, -0.2) is 0 Å². The minimum atomic E-state index is -0.754. The Bertz CT molecular complexity index is 443. The largest absolute Gasteiger partial charge is 0.338 e. The second-order valence-corrected chi connectivity index (χ2v) is 4.17. The highest BCUT2D eigenvalue weighted by atomic mass is 16.2. The molecule has 1 fully saturated rings. The molecule has 1 aromatic rings. The quantitative estimate of drug-likeness (QED) is 0.809. The normalized spacial score (nSPS) is 25.8. The predicted octanol–water partition coefficient (Wildman–Crippen LogP) is 0.782. The number of amides is 1. The number of nitrogens with zero attached hydrogens (tertiary/aromatic N) is 2. The molecule has 2 N–H and O–H groups in total. The number of rotatable bonds is 3. The van der Waals surface area contributed by atoms with Crippen LogP contribution in [0, 0.1) is 0 Å². The molecule has 0 aromatic carbocycles. The van der Waals surface area contributed by atoms with Crippen molar-refractivity contribution in [1.29, 1.82) is 0 Å². The lowest BCUT2D eigenvalue weighted by Gasteiger charge is -2.21. The SMILES string of the molecule is CCCN=C1NC(=O)C(C)(c2ccncc2)N1. The molecular formula is C12H16N4O. The molecule has 0 spiro atoms. The summed E-state index contributed by atoms with van der Waals surface area (Å²) >= 11 is 0. The molecular weight excluding hydrogens is 216 g/mol. The highest BCUT2D eigenvalue weighted by molar-refractivity contribution is 6.09. The Morgan fingerprint density at radius 1 is 1.41 bits per heavy atom. The van der Waals surface area contributed by atoms with Crippen molar-refractivity contribution in [2.75, 3.05) is 6.54 Å². The Morgan fingerprint density at radius 2 is 2.12 bits per heavy atom. The van der Waals surface area contributed by atoms with Gasteiger partial charge in [-0.05, 0) is 31.0 Å². The third kappa shape index (κ3) is 2.13. The highest BCUT2D eigenvalue weighted by Crippen LogP contribution is 2.23. The smallest absolute Gasteiger partial charge is 0.256 e. The van der Waals surface area contributed by atoms with Gasteiger partial charge in [0.05, 0.1) is 0 Å². The van der Waals surface area contributed by atoms with Crippen LogP contribution in [0.25, 0.3) is 0 Å². The van der Waals surface area contributed by atoms with E-state index in [0.29, 0.717) is 12.5 Å². The number of pyridine rings is 1. The molecule has 5 nitrogen and oxygen atoms in total. The van der Waals surface area contributed by atoms with E-state index in [1.54, 1.807) is 12.4 Å². The molecule has 1 amide bonds. The van der Waals surface area contributed by atoms with Crippen molar-refractivity contribution in [3.05, 3.63) is 30.1 Å². The summed E-state index contributed by atoms with van der Waals surface area (Å²) in [5, 5.41) is 5.89. The topological polar surface area (TPSA) is 66.4 Å². The number of guanidine groups is 1. The zero-order valence-electron chi connectivity index (χ0n) is 10.0. The van der Waals surface area contributed by atoms with Crippen LogP contribution in [-0.4, -0.2) is 23.4 Å². The summed E-state index contributed by atoms with van der Waals surface area (Å²) < 4.78 is 0. The van der Waals surface area contributed by atoms with Gasteiger partial charge in [-0.2, -0.15) is 0 Å². The van der Waals surface area contributed by atoms with Gasteiger partial charge in [0, 0.05) is 18.9 Å². The number of aliphatic imine (C=N–C) groups is 1. The molecule has 0 radical (unpaired) electrons. The van der Waals surface area contributed by atoms with E-state index in [1.165, 1.54) is 0 Å². The lowest BCUT2D eigenvalue weighted by molar-refractivity contribution is -0.123. The van der Waals surface area contributed by atoms with Crippen molar-refractivity contribution in [1.82, 2.24) is 15.6 Å². The first-order valence-electron chi connectivity index (χ1n) is 5.71. The third-order valence-corrected chi connectivity index (χ3v) is 2.81. The second kappa shape index (κ2) is 4.53. The van der Waals surface area contributed by atoms with Crippen LogP contribution >= 0.6 is 0 Å². The van der Waals surface area contributed by atoms with E-state index in [0.717, 1.165) is 12.0 Å². The molecule has 0 saturated carbocycles. The van der Waals surface area contributed by atoms with Gasteiger partial charge in [0.25, 0.3) is 5.91 Å². The van der Waals surface area contributed by atoms with Crippen LogP contribution in [0.2, 0.25) is 0 Å². The number of carbonyl (C=O) groups excluding carboxylic acids is 1. The van der Waals surface area contributed by atoms with E-state index < -0.39 is 5.54 Å². The lowest BCUT2D eigenvalue weighted by Crippen LogP contribution is -2.40. The van der Waals surface area contributed by atoms with Crippen LogP contribution in [0.5, 0.6) is 0 Å². The van der Waals surface area contributed by atoms with Gasteiger partial charge in [-0.3, -0.25) is 20.1 Å². The molecule has 1 aromatic heterocycles. The molecule has 1 unspecified atom stereocenters. The molecule has 0 aliphatic carbocycles. The third-order valence-electron chi connectivity index (χ3n) is 2.81. The first-order chi connectivity index (χ1) is 8.16. The molecule has 2 heterocycles. The van der Waals surface area contributed by atoms with Crippen LogP contribution in [-0.2, 0) is 10.3 Å². The van der Waals surface area contributed by atoms with Gasteiger partial charge < -0.3 is 5.32 Å². The van der Waals surface area contributed by atoms with Crippen molar-refractivity contribution >= 4 is 11.9 Å². The van der Waals surface area contributed by atoms with E-state index in [1.807, 2.05) is 26.0 Å². The van der Waals surface area contributed by atoms with Crippen molar-refractivity contribution in [2.45, 2.75) is 25.8 Å². The van der Waals surface area contributed by atoms with E-state index in [2.05, 4.69) is 20.6 Å². The van der Waals surface area contributed by atoms with Crippen LogP contribution in [0.4, 0.5) is 0 Å². The van der Waals surface area contributed by atoms with Gasteiger partial charge >= 0.3 is 0 Å². The van der Waals surface area contributed by atoms with Gasteiger partial charge in [0.1, 0.15) is 5.54 Å². The van der Waals surface area contributed by atoms with Gasteiger partial charge in [0.2, 0.25) is 0 Å². The minimum absolute atomic E-state index is 0.0847. The summed E-state index contributed by atoms with van der Waals surface area (Å²) in [5.41, 5.74) is 0.127. The number of hydrogen-bond donors (Lipinski definition) is 2. The highest BCUT2D eigenvalue weighted by Gasteiger charge is 2.42. The maximum atomic E-state index is 12.0. The maximum Gasteiger partial charge on any atom is 0.256 e. The summed E-state index contributed by atoms with van der Waals surface area (Å²) in [4.78, 5) is 20.2. The first kappa shape index (κ1) is 11.6. The van der Waals surface area contributed by atoms with Crippen LogP contribution in [0.1, 0.15) is 25.8 Å². The van der Waals surface area contributed by atoms with Crippen molar-refractivity contribution in [3.8, 4) is 0 Å². The van der Waals surface area contributed by atoms with Gasteiger partial charge in [0.15, 0.2) is 5.96 Å². The van der Waals surface area contributed by atoms with Crippen molar-refractivity contribution < 1.29 is 4.79 Å². The first-order valence-corrected chi connectivity index (χ1v) is 5.71. The van der Waals surface area contributed by atoms with E-state index in [4.69, 9.17) is 0 Å². The molecule has 1 aliphatic rings. The van der Waals surface area contributed by atoms with Crippen LogP contribution in [0.3, 0.4) is 0 Å². The van der Waals surface area contributed by atoms with Crippen LogP contribution in [0.15, 0.2) is 29.5 Å². The molecule has 0 bridgehead atoms. The van der Waals surface area contributed by atoms with Crippen LogP contribution < -0.4 is 10.6 Å². The number of nitrogens with one attached hydrogen (secondary N) is 2. The zero-order valence-corrected chi connectivity index (χ0v) is 10.0. The summed E-state index contributed by atoms with van der Waals surface area (Å²) in [6.07, 6.45) is 4.31. The summed E-state index contributed by atoms with van der Waals surface area (Å²) in [7, 11) is 0. The average molecular weight is 232 g/mol. The summed E-state index contributed by atoms with van der Waals surface area (Å²) in [5.74, 6) is 0.467. The Kier molecular flexibility index (Phi) is 3.08. The van der Waals surface area contributed by atoms with Crippen molar-refractivity contribution in [2.24, 2.45) is 4.99 Å². The summed E-state index contributed by atoms with van der Waals surface area (Å²) in [6.45, 7) is 4.59. The van der Waals surface area contributed by atoms with E-state index >= 15 is 0 Å². The van der Waals surface area contributed by atoms with Crippen molar-refractivity contribution in [3.63, 3.8) is 0 Å². The van der Waals surface area contributed by atoms with E-state index in [-0.39, 0.29) is 5.91 Å². The minimum Gasteiger partial charge on any atom is -0.338 e. The zero-order chi connectivity index (χ0) is 12.3. The number of aromatic nitrogens is 1. The molecule has 2 rings (SSSR count). The molecule has 1 saturated heterocycles. The standard InChI is InChI=1S/C12H16N4O/c1-3-6-14-11-15-10(17)12(2,16-11)9-4-7-13-8-5-9/h4-5,7-8H,3,6H2,1-2H3,(H2,14,15,16,17). The second-order valence-electron chi connectivity index (χ2n) is 4.17. The Balaban J connectivity index is 2.25. The number of carbonyl (C=O) groups is 1. The maximum absolute atomic E-state index is 12.0. The molecule has 1 atom stereocenters. The lowest BCUT2D eigenvalue weighted by atomic mass is 9.93. The average Bonchev–Trinajstić information content (AvgIpc) is 2.65. The fraction of sp³-hybridized carbons (Fsp3) is 0.417. The number of hydrogen-bond acceptors (Lipinski definition) is 3. The molecule has 5 heteroatoms.